The van der Waals surface area contributed by atoms with Crippen LogP contribution in [-0.2, 0) is 0 Å². The Kier molecular flexibility index (Phi) is 3.81. The van der Waals surface area contributed by atoms with E-state index in [1.165, 1.54) is 6.42 Å². The number of benzene rings is 1. The van der Waals surface area contributed by atoms with Crippen LogP contribution in [-0.4, -0.2) is 15.6 Å². The number of rotatable bonds is 5. The Morgan fingerprint density at radius 1 is 1.29 bits per heavy atom. The van der Waals surface area contributed by atoms with Gasteiger partial charge in [0.05, 0.1) is 0 Å². The summed E-state index contributed by atoms with van der Waals surface area (Å²) in [5.74, 6) is 0.914. The number of anilines is 1. The van der Waals surface area contributed by atoms with E-state index in [4.69, 9.17) is 0 Å². The minimum absolute atomic E-state index is 0.449. The molecule has 1 atom stereocenters. The fourth-order valence-corrected chi connectivity index (χ4v) is 1.93. The summed E-state index contributed by atoms with van der Waals surface area (Å²) in [5.41, 5.74) is 1.14. The van der Waals surface area contributed by atoms with E-state index < -0.39 is 0 Å². The van der Waals surface area contributed by atoms with Crippen LogP contribution >= 0.6 is 0 Å². The van der Waals surface area contributed by atoms with Gasteiger partial charge < -0.3 is 5.32 Å². The first-order chi connectivity index (χ1) is 8.31. The number of nitrogens with one attached hydrogen (secondary N) is 1. The minimum Gasteiger partial charge on any atom is -0.353 e. The number of hydrogen-bond acceptors (Lipinski definition) is 2. The third-order valence-electron chi connectivity index (χ3n) is 2.77. The predicted octanol–water partition coefficient (Wildman–Crippen LogP) is 3.47. The van der Waals surface area contributed by atoms with Crippen molar-refractivity contribution < 1.29 is 0 Å². The summed E-state index contributed by atoms with van der Waals surface area (Å²) >= 11 is 0. The van der Waals surface area contributed by atoms with Crippen molar-refractivity contribution in [2.24, 2.45) is 0 Å². The van der Waals surface area contributed by atoms with Gasteiger partial charge in [-0.2, -0.15) is 0 Å². The van der Waals surface area contributed by atoms with Crippen molar-refractivity contribution in [1.82, 2.24) is 9.55 Å². The van der Waals surface area contributed by atoms with Gasteiger partial charge in [-0.05, 0) is 25.5 Å². The van der Waals surface area contributed by atoms with E-state index in [2.05, 4.69) is 40.8 Å². The van der Waals surface area contributed by atoms with E-state index in [-0.39, 0.29) is 0 Å². The molecule has 0 amide bonds. The molecule has 3 heteroatoms. The molecule has 0 aliphatic rings. The van der Waals surface area contributed by atoms with Gasteiger partial charge in [0.1, 0.15) is 0 Å². The summed E-state index contributed by atoms with van der Waals surface area (Å²) in [4.78, 5) is 4.37. The normalized spacial score (nSPS) is 12.4. The summed E-state index contributed by atoms with van der Waals surface area (Å²) in [6.07, 6.45) is 6.15. The van der Waals surface area contributed by atoms with Gasteiger partial charge in [-0.1, -0.05) is 31.5 Å². The third-order valence-corrected chi connectivity index (χ3v) is 2.77. The predicted molar refractivity (Wildman–Crippen MR) is 71.6 cm³/mol. The van der Waals surface area contributed by atoms with Gasteiger partial charge in [0, 0.05) is 24.1 Å². The highest BCUT2D eigenvalue weighted by Crippen LogP contribution is 2.15. The molecule has 1 unspecified atom stereocenters. The first-order valence-corrected chi connectivity index (χ1v) is 6.16. The molecule has 3 nitrogen and oxygen atoms in total. The molecular weight excluding hydrogens is 210 g/mol. The maximum Gasteiger partial charge on any atom is 0.207 e. The van der Waals surface area contributed by atoms with Crippen molar-refractivity contribution in [1.29, 1.82) is 0 Å². The van der Waals surface area contributed by atoms with Crippen molar-refractivity contribution in [3.05, 3.63) is 42.7 Å². The second-order valence-electron chi connectivity index (χ2n) is 4.29. The minimum atomic E-state index is 0.449. The molecule has 1 aromatic heterocycles. The fourth-order valence-electron chi connectivity index (χ4n) is 1.93. The second-order valence-corrected chi connectivity index (χ2v) is 4.29. The van der Waals surface area contributed by atoms with Gasteiger partial charge in [-0.15, -0.1) is 0 Å². The topological polar surface area (TPSA) is 29.9 Å². The zero-order chi connectivity index (χ0) is 12.1. The maximum atomic E-state index is 4.37. The first-order valence-electron chi connectivity index (χ1n) is 6.16. The molecule has 0 spiro atoms. The van der Waals surface area contributed by atoms with E-state index >= 15 is 0 Å². The molecule has 17 heavy (non-hydrogen) atoms. The van der Waals surface area contributed by atoms with Crippen LogP contribution in [0.3, 0.4) is 0 Å². The van der Waals surface area contributed by atoms with Crippen LogP contribution in [0.25, 0.3) is 5.69 Å². The Morgan fingerprint density at radius 2 is 2.06 bits per heavy atom. The second kappa shape index (κ2) is 5.53. The third kappa shape index (κ3) is 2.87. The van der Waals surface area contributed by atoms with E-state index in [0.717, 1.165) is 18.1 Å². The maximum absolute atomic E-state index is 4.37. The van der Waals surface area contributed by atoms with Gasteiger partial charge in [-0.25, -0.2) is 4.98 Å². The quantitative estimate of drug-likeness (QED) is 0.850. The van der Waals surface area contributed by atoms with Crippen LogP contribution in [0.2, 0.25) is 0 Å². The summed E-state index contributed by atoms with van der Waals surface area (Å²) in [6, 6.07) is 10.7. The molecule has 0 radical (unpaired) electrons. The highest BCUT2D eigenvalue weighted by atomic mass is 15.2. The van der Waals surface area contributed by atoms with Gasteiger partial charge >= 0.3 is 0 Å². The molecule has 90 valence electrons. The van der Waals surface area contributed by atoms with Crippen LogP contribution in [0.1, 0.15) is 26.7 Å². The van der Waals surface area contributed by atoms with Crippen molar-refractivity contribution in [3.63, 3.8) is 0 Å². The zero-order valence-corrected chi connectivity index (χ0v) is 10.4. The fraction of sp³-hybridized carbons (Fsp3) is 0.357. The number of nitrogens with zero attached hydrogens (tertiary/aromatic N) is 2. The van der Waals surface area contributed by atoms with Crippen molar-refractivity contribution in [2.45, 2.75) is 32.7 Å². The average Bonchev–Trinajstić information content (AvgIpc) is 2.78. The molecule has 0 aliphatic carbocycles. The largest absolute Gasteiger partial charge is 0.353 e. The number of imidazole rings is 1. The molecule has 1 heterocycles. The lowest BCUT2D eigenvalue weighted by molar-refractivity contribution is 0.682. The SMILES string of the molecule is CCCC(C)Nc1nccn1-c1ccccc1. The molecule has 0 saturated heterocycles. The van der Waals surface area contributed by atoms with E-state index in [0.29, 0.717) is 6.04 Å². The summed E-state index contributed by atoms with van der Waals surface area (Å²) in [7, 11) is 0. The molecule has 2 rings (SSSR count). The van der Waals surface area contributed by atoms with Gasteiger partial charge in [0.2, 0.25) is 5.95 Å². The zero-order valence-electron chi connectivity index (χ0n) is 10.4. The Bertz CT molecular complexity index is 448. The molecule has 0 saturated carbocycles. The van der Waals surface area contributed by atoms with Crippen LogP contribution in [0, 0.1) is 0 Å². The van der Waals surface area contributed by atoms with Crippen molar-refractivity contribution in [3.8, 4) is 5.69 Å². The Hall–Kier alpha value is -1.77. The van der Waals surface area contributed by atoms with Crippen LogP contribution < -0.4 is 5.32 Å². The number of para-hydroxylation sites is 1. The van der Waals surface area contributed by atoms with Gasteiger partial charge in [-0.3, -0.25) is 4.57 Å². The Labute approximate surface area is 103 Å². The van der Waals surface area contributed by atoms with E-state index in [9.17, 15) is 0 Å². The average molecular weight is 229 g/mol. The highest BCUT2D eigenvalue weighted by molar-refractivity contribution is 5.41. The summed E-state index contributed by atoms with van der Waals surface area (Å²) in [6.45, 7) is 4.38. The standard InChI is InChI=1S/C14H19N3/c1-3-7-12(2)16-14-15-10-11-17(14)13-8-5-4-6-9-13/h4-6,8-12H,3,7H2,1-2H3,(H,15,16). The number of aromatic nitrogens is 2. The Morgan fingerprint density at radius 3 is 2.76 bits per heavy atom. The monoisotopic (exact) mass is 229 g/mol. The van der Waals surface area contributed by atoms with E-state index in [1.807, 2.05) is 30.6 Å². The first kappa shape index (κ1) is 11.7. The molecule has 2 aromatic rings. The molecule has 0 bridgehead atoms. The smallest absolute Gasteiger partial charge is 0.207 e. The Balaban J connectivity index is 2.18. The lowest BCUT2D eigenvalue weighted by atomic mass is 10.2. The van der Waals surface area contributed by atoms with E-state index in [1.54, 1.807) is 0 Å². The number of hydrogen-bond donors (Lipinski definition) is 1. The molecule has 1 aromatic carbocycles. The molecule has 1 N–H and O–H groups in total. The van der Waals surface area contributed by atoms with Crippen LogP contribution in [0.4, 0.5) is 5.95 Å². The molecule has 0 aliphatic heterocycles. The molecule has 0 fully saturated rings. The van der Waals surface area contributed by atoms with Crippen LogP contribution in [0.15, 0.2) is 42.7 Å². The van der Waals surface area contributed by atoms with Gasteiger partial charge in [0.15, 0.2) is 0 Å². The van der Waals surface area contributed by atoms with Crippen LogP contribution in [0.5, 0.6) is 0 Å². The van der Waals surface area contributed by atoms with Crippen molar-refractivity contribution >= 4 is 5.95 Å². The molecular formula is C14H19N3. The summed E-state index contributed by atoms with van der Waals surface area (Å²) < 4.78 is 2.08. The van der Waals surface area contributed by atoms with Gasteiger partial charge in [0.25, 0.3) is 0 Å². The highest BCUT2D eigenvalue weighted by Gasteiger charge is 2.07. The van der Waals surface area contributed by atoms with Crippen molar-refractivity contribution in [2.75, 3.05) is 5.32 Å². The summed E-state index contributed by atoms with van der Waals surface area (Å²) in [5, 5.41) is 3.44. The lowest BCUT2D eigenvalue weighted by Crippen LogP contribution is -2.17. The lowest BCUT2D eigenvalue weighted by Gasteiger charge is -2.15.